The molecule has 0 aliphatic carbocycles. The summed E-state index contributed by atoms with van der Waals surface area (Å²) in [5.74, 6) is 0.269. The fourth-order valence-corrected chi connectivity index (χ4v) is 0.561. The third-order valence-electron chi connectivity index (χ3n) is 1.55. The second-order valence-electron chi connectivity index (χ2n) is 3.54. The molecule has 0 aromatic rings. The lowest BCUT2D eigenvalue weighted by Crippen LogP contribution is -2.30. The monoisotopic (exact) mass is 204 g/mol. The van der Waals surface area contributed by atoms with E-state index in [4.69, 9.17) is 10.2 Å². The number of aliphatic hydroxyl groups excluding tert-OH is 1. The molecule has 0 saturated carbocycles. The molecule has 0 radical (unpaired) electrons. The van der Waals surface area contributed by atoms with E-state index < -0.39 is 12.2 Å². The molecule has 0 fully saturated rings. The summed E-state index contributed by atoms with van der Waals surface area (Å²) in [6, 6.07) is 0. The fourth-order valence-electron chi connectivity index (χ4n) is 0.561. The Hall–Kier alpha value is -0.740. The Balaban J connectivity index is 0. The van der Waals surface area contributed by atoms with Crippen molar-refractivity contribution in [2.24, 2.45) is 5.92 Å². The van der Waals surface area contributed by atoms with Gasteiger partial charge in [-0.15, -0.1) is 0 Å². The van der Waals surface area contributed by atoms with E-state index in [1.165, 1.54) is 6.92 Å². The highest BCUT2D eigenvalue weighted by Gasteiger charge is 2.15. The summed E-state index contributed by atoms with van der Waals surface area (Å²) in [7, 11) is 0. The molecule has 0 aromatic heterocycles. The Morgan fingerprint density at radius 3 is 2.00 bits per heavy atom. The number of carbonyl (C=O) groups excluding carboxylic acids is 2. The van der Waals surface area contributed by atoms with Crippen molar-refractivity contribution in [1.29, 1.82) is 0 Å². The first-order valence-electron chi connectivity index (χ1n) is 4.68. The Labute approximate surface area is 84.9 Å². The van der Waals surface area contributed by atoms with E-state index in [1.807, 2.05) is 6.92 Å². The van der Waals surface area contributed by atoms with Gasteiger partial charge in [0.2, 0.25) is 0 Å². The van der Waals surface area contributed by atoms with Gasteiger partial charge in [-0.3, -0.25) is 0 Å². The number of carbonyl (C=O) groups is 2. The molecule has 0 aromatic carbocycles. The highest BCUT2D eigenvalue weighted by molar-refractivity contribution is 5.61. The van der Waals surface area contributed by atoms with Gasteiger partial charge in [0.05, 0.1) is 6.61 Å². The van der Waals surface area contributed by atoms with Gasteiger partial charge in [-0.1, -0.05) is 20.3 Å². The molecule has 0 heterocycles. The van der Waals surface area contributed by atoms with Crippen molar-refractivity contribution >= 4 is 12.6 Å². The highest BCUT2D eigenvalue weighted by atomic mass is 16.3. The molecule has 0 bridgehead atoms. The number of aldehydes is 2. The lowest BCUT2D eigenvalue weighted by molar-refractivity contribution is -0.125. The summed E-state index contributed by atoms with van der Waals surface area (Å²) in [5, 5.41) is 16.6. The number of aliphatic hydroxyl groups is 2. The van der Waals surface area contributed by atoms with Crippen LogP contribution in [0.5, 0.6) is 0 Å². The molecule has 0 saturated heterocycles. The van der Waals surface area contributed by atoms with E-state index in [9.17, 15) is 9.59 Å². The van der Waals surface area contributed by atoms with E-state index in [-0.39, 0.29) is 5.92 Å². The van der Waals surface area contributed by atoms with Crippen LogP contribution >= 0.6 is 0 Å². The maximum absolute atomic E-state index is 9.89. The second kappa shape index (κ2) is 8.84. The van der Waals surface area contributed by atoms with Gasteiger partial charge < -0.3 is 19.8 Å². The molecule has 2 atom stereocenters. The number of rotatable bonds is 5. The Morgan fingerprint density at radius 1 is 1.43 bits per heavy atom. The van der Waals surface area contributed by atoms with E-state index in [2.05, 4.69) is 6.92 Å². The molecule has 0 aliphatic heterocycles. The third-order valence-corrected chi connectivity index (χ3v) is 1.55. The summed E-state index contributed by atoms with van der Waals surface area (Å²) in [4.78, 5) is 19.5. The number of hydrogen-bond acceptors (Lipinski definition) is 4. The van der Waals surface area contributed by atoms with Crippen LogP contribution in [0.2, 0.25) is 0 Å². The van der Waals surface area contributed by atoms with Gasteiger partial charge in [0, 0.05) is 5.92 Å². The average Bonchev–Trinajstić information content (AvgIpc) is 2.19. The van der Waals surface area contributed by atoms with Crippen LogP contribution in [0.4, 0.5) is 0 Å². The molecule has 0 rings (SSSR count). The smallest absolute Gasteiger partial charge is 0.153 e. The lowest BCUT2D eigenvalue weighted by Gasteiger charge is -2.08. The zero-order valence-corrected chi connectivity index (χ0v) is 9.06. The van der Waals surface area contributed by atoms with Crippen LogP contribution in [-0.2, 0) is 9.59 Å². The van der Waals surface area contributed by atoms with E-state index in [1.54, 1.807) is 0 Å². The van der Waals surface area contributed by atoms with Crippen molar-refractivity contribution in [3.63, 3.8) is 0 Å². The van der Waals surface area contributed by atoms with Crippen LogP contribution in [0.3, 0.4) is 0 Å². The Kier molecular flexibility index (Phi) is 9.93. The van der Waals surface area contributed by atoms with Gasteiger partial charge in [0.25, 0.3) is 0 Å². The largest absolute Gasteiger partial charge is 0.393 e. The topological polar surface area (TPSA) is 74.6 Å². The van der Waals surface area contributed by atoms with Crippen LogP contribution in [0, 0.1) is 5.92 Å². The van der Waals surface area contributed by atoms with Gasteiger partial charge in [-0.05, 0) is 13.3 Å². The van der Waals surface area contributed by atoms with Crippen LogP contribution < -0.4 is 0 Å². The van der Waals surface area contributed by atoms with Crippen molar-refractivity contribution in [3.05, 3.63) is 0 Å². The van der Waals surface area contributed by atoms with Crippen molar-refractivity contribution in [3.8, 4) is 0 Å². The minimum atomic E-state index is -1.54. The zero-order valence-electron chi connectivity index (χ0n) is 9.06. The first kappa shape index (κ1) is 15.7. The maximum Gasteiger partial charge on any atom is 0.153 e. The Morgan fingerprint density at radius 2 is 1.93 bits per heavy atom. The molecule has 4 nitrogen and oxygen atoms in total. The summed E-state index contributed by atoms with van der Waals surface area (Å²) in [6.07, 6.45) is 3.44. The lowest BCUT2D eigenvalue weighted by atomic mass is 10.1. The molecule has 2 unspecified atom stereocenters. The van der Waals surface area contributed by atoms with E-state index >= 15 is 0 Å². The van der Waals surface area contributed by atoms with Gasteiger partial charge in [0.15, 0.2) is 6.29 Å². The van der Waals surface area contributed by atoms with Crippen molar-refractivity contribution < 1.29 is 19.8 Å². The number of hydrogen-bond donors (Lipinski definition) is 2. The fraction of sp³-hybridized carbons (Fsp3) is 0.800. The summed E-state index contributed by atoms with van der Waals surface area (Å²) in [6.45, 7) is 4.74. The molecule has 0 spiro atoms. The standard InChI is InChI=1S/C6H12O.C4H8O3/c1-3-4-6(2)5-7;1-4(7,2-5)3-6/h5-6H,3-4H2,1-2H3;2,6-7H,3H2,1H3. The van der Waals surface area contributed by atoms with Crippen molar-refractivity contribution in [2.75, 3.05) is 6.61 Å². The normalized spacial score (nSPS) is 15.8. The molecule has 0 aliphatic rings. The quantitative estimate of drug-likeness (QED) is 0.641. The van der Waals surface area contributed by atoms with Gasteiger partial charge in [-0.25, -0.2) is 0 Å². The van der Waals surface area contributed by atoms with Crippen LogP contribution in [-0.4, -0.2) is 35.0 Å². The predicted octanol–water partition coefficient (Wildman–Crippen LogP) is 0.550. The predicted molar refractivity (Wildman–Crippen MR) is 53.9 cm³/mol. The molecule has 2 N–H and O–H groups in total. The van der Waals surface area contributed by atoms with Gasteiger partial charge in [-0.2, -0.15) is 0 Å². The molecular weight excluding hydrogens is 184 g/mol. The molecule has 14 heavy (non-hydrogen) atoms. The first-order chi connectivity index (χ1) is 6.43. The molecule has 0 amide bonds. The SMILES string of the molecule is CC(O)(C=O)CO.CCCC(C)C=O. The summed E-state index contributed by atoms with van der Waals surface area (Å²) < 4.78 is 0. The average molecular weight is 204 g/mol. The molecule has 84 valence electrons. The third kappa shape index (κ3) is 11.3. The highest BCUT2D eigenvalue weighted by Crippen LogP contribution is 1.98. The molecule has 4 heteroatoms. The van der Waals surface area contributed by atoms with Crippen LogP contribution in [0.25, 0.3) is 0 Å². The van der Waals surface area contributed by atoms with Gasteiger partial charge >= 0.3 is 0 Å². The second-order valence-corrected chi connectivity index (χ2v) is 3.54. The zero-order chi connectivity index (χ0) is 11.6. The van der Waals surface area contributed by atoms with Crippen LogP contribution in [0.15, 0.2) is 0 Å². The minimum absolute atomic E-state index is 0.269. The summed E-state index contributed by atoms with van der Waals surface area (Å²) in [5.41, 5.74) is -1.54. The van der Waals surface area contributed by atoms with Crippen molar-refractivity contribution in [2.45, 2.75) is 39.2 Å². The van der Waals surface area contributed by atoms with Crippen molar-refractivity contribution in [1.82, 2.24) is 0 Å². The first-order valence-corrected chi connectivity index (χ1v) is 4.68. The van der Waals surface area contributed by atoms with E-state index in [0.29, 0.717) is 6.29 Å². The van der Waals surface area contributed by atoms with Crippen LogP contribution in [0.1, 0.15) is 33.6 Å². The van der Waals surface area contributed by atoms with Gasteiger partial charge in [0.1, 0.15) is 11.9 Å². The minimum Gasteiger partial charge on any atom is -0.393 e. The van der Waals surface area contributed by atoms with E-state index in [0.717, 1.165) is 19.1 Å². The Bertz CT molecular complexity index is 154. The maximum atomic E-state index is 9.89. The molecular formula is C10H20O4. The summed E-state index contributed by atoms with van der Waals surface area (Å²) >= 11 is 0.